The predicted octanol–water partition coefficient (Wildman–Crippen LogP) is 5.87. The molecule has 16 heteroatoms. The number of aromatic nitrogens is 5. The summed E-state index contributed by atoms with van der Waals surface area (Å²) in [5.74, 6) is 0.656. The van der Waals surface area contributed by atoms with Gasteiger partial charge in [0.1, 0.15) is 17.6 Å². The molecule has 3 aromatic heterocycles. The molecule has 5 atom stereocenters. The van der Waals surface area contributed by atoms with Gasteiger partial charge in [0.2, 0.25) is 5.91 Å². The van der Waals surface area contributed by atoms with E-state index in [2.05, 4.69) is 27.1 Å². The molecule has 60 heavy (non-hydrogen) atoms. The SMILES string of the molecule is CC(C)Oc1cc2nn(C3CCC(CN[C@@H]4CC[C@H](c5ccc6c(N7CCC(=O)NC7=O)nn(C)c6c5)[C@H](O)C4)CC3)cc2cc1C(=O)Nc1cccn([C@H]2C[C@H]2F)c1=O. The first-order chi connectivity index (χ1) is 28.9. The number of ether oxygens (including phenoxy) is 1. The molecule has 4 fully saturated rings. The molecule has 9 rings (SSSR count). The lowest BCUT2D eigenvalue weighted by atomic mass is 9.79. The quantitative estimate of drug-likeness (QED) is 0.127. The Kier molecular flexibility index (Phi) is 10.7. The lowest BCUT2D eigenvalue weighted by Gasteiger charge is -2.35. The van der Waals surface area contributed by atoms with Crippen LogP contribution in [0.25, 0.3) is 21.8 Å². The summed E-state index contributed by atoms with van der Waals surface area (Å²) in [6.07, 6.45) is 8.82. The molecule has 3 saturated carbocycles. The van der Waals surface area contributed by atoms with Gasteiger partial charge in [-0.15, -0.1) is 0 Å². The van der Waals surface area contributed by atoms with E-state index in [1.165, 1.54) is 15.5 Å². The van der Waals surface area contributed by atoms with Crippen molar-refractivity contribution >= 4 is 51.2 Å². The molecule has 4 N–H and O–H groups in total. The number of aliphatic hydroxyl groups excluding tert-OH is 1. The summed E-state index contributed by atoms with van der Waals surface area (Å²) in [4.78, 5) is 52.4. The number of amides is 4. The first-order valence-corrected chi connectivity index (χ1v) is 21.3. The van der Waals surface area contributed by atoms with E-state index in [-0.39, 0.29) is 48.7 Å². The van der Waals surface area contributed by atoms with Gasteiger partial charge < -0.3 is 25.0 Å². The molecule has 2 aromatic carbocycles. The number of nitrogens with one attached hydrogen (secondary N) is 3. The molecule has 316 valence electrons. The Bertz CT molecular complexity index is 2520. The van der Waals surface area contributed by atoms with Crippen molar-refractivity contribution in [3.8, 4) is 5.75 Å². The van der Waals surface area contributed by atoms with Crippen LogP contribution in [0.3, 0.4) is 0 Å². The van der Waals surface area contributed by atoms with Gasteiger partial charge in [-0.05, 0) is 107 Å². The van der Waals surface area contributed by atoms with Crippen molar-refractivity contribution in [2.24, 2.45) is 13.0 Å². The third kappa shape index (κ3) is 7.89. The number of hydrogen-bond donors (Lipinski definition) is 4. The van der Waals surface area contributed by atoms with Crippen LogP contribution in [-0.2, 0) is 11.8 Å². The zero-order chi connectivity index (χ0) is 41.8. The third-order valence-electron chi connectivity index (χ3n) is 12.8. The van der Waals surface area contributed by atoms with Gasteiger partial charge in [-0.25, -0.2) is 9.18 Å². The third-order valence-corrected chi connectivity index (χ3v) is 12.8. The average molecular weight is 822 g/mol. The van der Waals surface area contributed by atoms with Crippen molar-refractivity contribution in [3.05, 3.63) is 76.3 Å². The highest BCUT2D eigenvalue weighted by Gasteiger charge is 2.40. The second-order valence-electron chi connectivity index (χ2n) is 17.3. The lowest BCUT2D eigenvalue weighted by Crippen LogP contribution is -2.49. The minimum absolute atomic E-state index is 0.000726. The molecular weight excluding hydrogens is 770 g/mol. The molecule has 0 bridgehead atoms. The number of carbonyl (C=O) groups excluding carboxylic acids is 3. The van der Waals surface area contributed by atoms with Crippen LogP contribution in [0.5, 0.6) is 5.75 Å². The Morgan fingerprint density at radius 3 is 2.57 bits per heavy atom. The fourth-order valence-electron chi connectivity index (χ4n) is 9.40. The van der Waals surface area contributed by atoms with Crippen molar-refractivity contribution in [2.45, 2.75) is 114 Å². The zero-order valence-corrected chi connectivity index (χ0v) is 34.1. The maximum atomic E-state index is 13.7. The number of alkyl halides is 1. The first-order valence-electron chi connectivity index (χ1n) is 21.3. The van der Waals surface area contributed by atoms with Gasteiger partial charge in [0.05, 0.1) is 40.9 Å². The highest BCUT2D eigenvalue weighted by Crippen LogP contribution is 2.39. The Balaban J connectivity index is 0.794. The van der Waals surface area contributed by atoms with E-state index in [9.17, 15) is 28.7 Å². The molecule has 4 heterocycles. The summed E-state index contributed by atoms with van der Waals surface area (Å²) in [5, 5.41) is 31.4. The number of benzene rings is 2. The van der Waals surface area contributed by atoms with Crippen molar-refractivity contribution in [1.82, 2.24) is 34.8 Å². The average Bonchev–Trinajstić information content (AvgIpc) is 3.65. The van der Waals surface area contributed by atoms with Crippen LogP contribution in [0.2, 0.25) is 0 Å². The van der Waals surface area contributed by atoms with Gasteiger partial charge in [-0.2, -0.15) is 10.2 Å². The van der Waals surface area contributed by atoms with E-state index < -0.39 is 35.8 Å². The second kappa shape index (κ2) is 16.1. The van der Waals surface area contributed by atoms with E-state index in [0.29, 0.717) is 35.9 Å². The normalized spacial score (nSPS) is 25.8. The van der Waals surface area contributed by atoms with Crippen LogP contribution >= 0.6 is 0 Å². The maximum Gasteiger partial charge on any atom is 0.329 e. The second-order valence-corrected chi connectivity index (χ2v) is 17.3. The van der Waals surface area contributed by atoms with E-state index in [1.807, 2.05) is 43.9 Å². The van der Waals surface area contributed by atoms with Gasteiger partial charge in [0.25, 0.3) is 11.5 Å². The number of aliphatic hydroxyl groups is 1. The van der Waals surface area contributed by atoms with E-state index in [4.69, 9.17) is 9.84 Å². The number of carbonyl (C=O) groups is 3. The number of imide groups is 1. The van der Waals surface area contributed by atoms with Gasteiger partial charge >= 0.3 is 6.03 Å². The van der Waals surface area contributed by atoms with Crippen LogP contribution in [-0.4, -0.2) is 84.6 Å². The number of rotatable bonds is 11. The molecule has 1 saturated heterocycles. The minimum Gasteiger partial charge on any atom is -0.490 e. The van der Waals surface area contributed by atoms with Crippen LogP contribution in [0.1, 0.15) is 106 Å². The molecule has 4 aliphatic rings. The van der Waals surface area contributed by atoms with Crippen molar-refractivity contribution < 1.29 is 28.6 Å². The number of anilines is 2. The van der Waals surface area contributed by atoms with Gasteiger partial charge in [-0.3, -0.25) is 34.0 Å². The smallest absolute Gasteiger partial charge is 0.329 e. The highest BCUT2D eigenvalue weighted by atomic mass is 19.1. The fraction of sp³-hybridized carbons (Fsp3) is 0.500. The summed E-state index contributed by atoms with van der Waals surface area (Å²) >= 11 is 0. The monoisotopic (exact) mass is 821 g/mol. The van der Waals surface area contributed by atoms with Crippen LogP contribution in [0.15, 0.2) is 59.7 Å². The number of fused-ring (bicyclic) bond motifs is 2. The number of hydrogen-bond acceptors (Lipinski definition) is 9. The molecule has 0 unspecified atom stereocenters. The standard InChI is InChI=1S/C44H52FN9O6/c1-24(2)60-39-21-35-27(17-32(39)42(57)47-34-5-4-15-52(43(34)58)37-20-33(37)45)23-54(49-35)29-10-6-25(7-11-29)22-46-28-9-13-30(38(55)19-28)26-8-12-31-36(18-26)51(3)50-41(31)53-16-14-40(56)48-44(53)59/h4-5,8,12,15,17-18,21,23-25,28-30,33,37-38,46,55H,6-7,9-11,13-14,16,19-20,22H2,1-3H3,(H,47,57)(H,48,56,59)/t25?,28-,29?,30-,33-,37+,38-/m1/s1. The lowest BCUT2D eigenvalue weighted by molar-refractivity contribution is -0.120. The summed E-state index contributed by atoms with van der Waals surface area (Å²) in [6, 6.07) is 12.3. The summed E-state index contributed by atoms with van der Waals surface area (Å²) < 4.78 is 24.9. The Morgan fingerprint density at radius 2 is 1.83 bits per heavy atom. The number of aryl methyl sites for hydroxylation is 1. The highest BCUT2D eigenvalue weighted by molar-refractivity contribution is 6.09. The zero-order valence-electron chi connectivity index (χ0n) is 34.1. The summed E-state index contributed by atoms with van der Waals surface area (Å²) in [6.45, 7) is 4.95. The predicted molar refractivity (Wildman–Crippen MR) is 224 cm³/mol. The Labute approximate surface area is 346 Å². The largest absolute Gasteiger partial charge is 0.490 e. The topological polar surface area (TPSA) is 178 Å². The first kappa shape index (κ1) is 39.8. The van der Waals surface area contributed by atoms with Crippen molar-refractivity contribution in [3.63, 3.8) is 0 Å². The van der Waals surface area contributed by atoms with E-state index >= 15 is 0 Å². The molecule has 1 aliphatic heterocycles. The van der Waals surface area contributed by atoms with Crippen LogP contribution in [0.4, 0.5) is 20.7 Å². The van der Waals surface area contributed by atoms with E-state index in [0.717, 1.165) is 72.4 Å². The number of halogens is 1. The Hall–Kier alpha value is -5.61. The van der Waals surface area contributed by atoms with Crippen LogP contribution < -0.4 is 31.1 Å². The number of urea groups is 1. The molecule has 15 nitrogen and oxygen atoms in total. The number of nitrogens with zero attached hydrogens (tertiary/aromatic N) is 6. The molecule has 3 aliphatic carbocycles. The van der Waals surface area contributed by atoms with Crippen molar-refractivity contribution in [1.29, 1.82) is 0 Å². The molecule has 0 spiro atoms. The van der Waals surface area contributed by atoms with Gasteiger partial charge in [0, 0.05) is 67.6 Å². The molecule has 5 aromatic rings. The van der Waals surface area contributed by atoms with E-state index in [1.54, 1.807) is 29.1 Å². The van der Waals surface area contributed by atoms with Crippen LogP contribution in [0, 0.1) is 5.92 Å². The van der Waals surface area contributed by atoms with Gasteiger partial charge in [0.15, 0.2) is 5.82 Å². The summed E-state index contributed by atoms with van der Waals surface area (Å²) in [5.41, 5.74) is 2.60. The Morgan fingerprint density at radius 1 is 1.03 bits per heavy atom. The molecule has 4 amide bonds. The maximum absolute atomic E-state index is 13.7. The number of pyridine rings is 1. The fourth-order valence-corrected chi connectivity index (χ4v) is 9.40. The summed E-state index contributed by atoms with van der Waals surface area (Å²) in [7, 11) is 1.84. The molecular formula is C44H52FN9O6. The van der Waals surface area contributed by atoms with Crippen molar-refractivity contribution in [2.75, 3.05) is 23.3 Å². The molecule has 0 radical (unpaired) electrons. The van der Waals surface area contributed by atoms with Gasteiger partial charge in [-0.1, -0.05) is 6.07 Å². The minimum atomic E-state index is -1.05.